The summed E-state index contributed by atoms with van der Waals surface area (Å²) in [5.41, 5.74) is 3.36. The highest BCUT2D eigenvalue weighted by molar-refractivity contribution is 5.56. The van der Waals surface area contributed by atoms with E-state index in [0.717, 1.165) is 54.7 Å². The summed E-state index contributed by atoms with van der Waals surface area (Å²) in [5.74, 6) is 2.91. The van der Waals surface area contributed by atoms with Crippen molar-refractivity contribution in [3.63, 3.8) is 0 Å². The van der Waals surface area contributed by atoms with E-state index in [4.69, 9.17) is 9.72 Å². The summed E-state index contributed by atoms with van der Waals surface area (Å²) in [6.07, 6.45) is 5.90. The van der Waals surface area contributed by atoms with E-state index in [1.54, 1.807) is 6.20 Å². The lowest BCUT2D eigenvalue weighted by molar-refractivity contribution is 0.198. The smallest absolute Gasteiger partial charge is 0.163 e. The van der Waals surface area contributed by atoms with Gasteiger partial charge in [-0.2, -0.15) is 0 Å². The van der Waals surface area contributed by atoms with Gasteiger partial charge in [0.1, 0.15) is 11.6 Å². The van der Waals surface area contributed by atoms with Crippen LogP contribution >= 0.6 is 0 Å². The fourth-order valence-corrected chi connectivity index (χ4v) is 3.98. The zero-order chi connectivity index (χ0) is 20.8. The van der Waals surface area contributed by atoms with Gasteiger partial charge in [-0.3, -0.25) is 9.88 Å². The second-order valence-corrected chi connectivity index (χ2v) is 7.64. The first kappa shape index (κ1) is 20.3. The first-order valence-corrected chi connectivity index (χ1v) is 10.7. The summed E-state index contributed by atoms with van der Waals surface area (Å²) in [6, 6.07) is 14.5. The van der Waals surface area contributed by atoms with Crippen molar-refractivity contribution >= 4 is 5.82 Å². The van der Waals surface area contributed by atoms with Gasteiger partial charge in [0.15, 0.2) is 5.82 Å². The van der Waals surface area contributed by atoms with E-state index < -0.39 is 0 Å². The van der Waals surface area contributed by atoms with Crippen LogP contribution in [0.4, 0.5) is 5.82 Å². The number of pyridine rings is 1. The lowest BCUT2D eigenvalue weighted by Crippen LogP contribution is -2.34. The first-order valence-electron chi connectivity index (χ1n) is 10.7. The Balaban J connectivity index is 1.50. The van der Waals surface area contributed by atoms with Gasteiger partial charge in [-0.25, -0.2) is 9.97 Å². The van der Waals surface area contributed by atoms with Gasteiger partial charge < -0.3 is 10.1 Å². The average Bonchev–Trinajstić information content (AvgIpc) is 2.81. The average molecular weight is 404 g/mol. The van der Waals surface area contributed by atoms with Crippen molar-refractivity contribution in [3.8, 4) is 17.1 Å². The normalized spacial score (nSPS) is 16.9. The minimum Gasteiger partial charge on any atom is -0.494 e. The molecular weight excluding hydrogens is 374 g/mol. The molecule has 0 bridgehead atoms. The second-order valence-electron chi connectivity index (χ2n) is 7.64. The maximum atomic E-state index is 5.56. The Kier molecular flexibility index (Phi) is 6.54. The zero-order valence-corrected chi connectivity index (χ0v) is 17.7. The molecule has 1 N–H and O–H groups in total. The van der Waals surface area contributed by atoms with E-state index >= 15 is 0 Å². The topological polar surface area (TPSA) is 63.2 Å². The van der Waals surface area contributed by atoms with Crippen molar-refractivity contribution in [1.82, 2.24) is 19.9 Å². The van der Waals surface area contributed by atoms with E-state index in [-0.39, 0.29) is 0 Å². The van der Waals surface area contributed by atoms with Crippen molar-refractivity contribution in [1.29, 1.82) is 0 Å². The molecule has 30 heavy (non-hydrogen) atoms. The number of ether oxygens (including phenoxy) is 1. The number of likely N-dealkylation sites (tertiary alicyclic amines) is 1. The molecule has 1 saturated heterocycles. The lowest BCUT2D eigenvalue weighted by Gasteiger charge is -2.32. The third-order valence-corrected chi connectivity index (χ3v) is 5.49. The molecule has 0 unspecified atom stereocenters. The van der Waals surface area contributed by atoms with E-state index in [2.05, 4.69) is 50.5 Å². The summed E-state index contributed by atoms with van der Waals surface area (Å²) in [7, 11) is 1.90. The Morgan fingerprint density at radius 3 is 2.77 bits per heavy atom. The molecule has 3 heterocycles. The predicted molar refractivity (Wildman–Crippen MR) is 120 cm³/mol. The van der Waals surface area contributed by atoms with Crippen molar-refractivity contribution in [2.24, 2.45) is 0 Å². The molecule has 1 aliphatic rings. The summed E-state index contributed by atoms with van der Waals surface area (Å²) in [4.78, 5) is 16.3. The summed E-state index contributed by atoms with van der Waals surface area (Å²) in [6.45, 7) is 5.77. The minimum atomic E-state index is 0.395. The Morgan fingerprint density at radius 1 is 1.17 bits per heavy atom. The van der Waals surface area contributed by atoms with Crippen molar-refractivity contribution in [2.45, 2.75) is 32.2 Å². The highest BCUT2D eigenvalue weighted by Gasteiger charge is 2.24. The molecular formula is C24H29N5O. The molecule has 1 aliphatic heterocycles. The number of hydrogen-bond acceptors (Lipinski definition) is 6. The van der Waals surface area contributed by atoms with Gasteiger partial charge in [0, 0.05) is 50.1 Å². The summed E-state index contributed by atoms with van der Waals surface area (Å²) in [5, 5.41) is 3.19. The van der Waals surface area contributed by atoms with Crippen LogP contribution in [0, 0.1) is 0 Å². The van der Waals surface area contributed by atoms with Gasteiger partial charge in [0.05, 0.1) is 12.3 Å². The second kappa shape index (κ2) is 9.67. The molecule has 1 fully saturated rings. The Morgan fingerprint density at radius 2 is 2.03 bits per heavy atom. The third kappa shape index (κ3) is 4.94. The summed E-state index contributed by atoms with van der Waals surface area (Å²) >= 11 is 0. The lowest BCUT2D eigenvalue weighted by atomic mass is 9.94. The standard InChI is InChI=1S/C24H29N5O/c1-3-30-21-10-8-18(9-11-21)16-29-13-5-7-20(17-29)22-14-23(25-2)28-24(27-22)19-6-4-12-26-15-19/h4,6,8-12,14-15,20H,3,5,7,13,16-17H2,1-2H3,(H,25,27,28)/t20-/m1/s1. The SMILES string of the molecule is CCOc1ccc(CN2CCC[C@@H](c3cc(NC)nc(-c4cccnc4)n3)C2)cc1. The number of piperidine rings is 1. The fourth-order valence-electron chi connectivity index (χ4n) is 3.98. The molecule has 0 amide bonds. The van der Waals surface area contributed by atoms with Gasteiger partial charge in [-0.15, -0.1) is 0 Å². The van der Waals surface area contributed by atoms with Gasteiger partial charge >= 0.3 is 0 Å². The van der Waals surface area contributed by atoms with Crippen LogP contribution in [-0.2, 0) is 6.54 Å². The maximum Gasteiger partial charge on any atom is 0.163 e. The number of nitrogens with one attached hydrogen (secondary N) is 1. The van der Waals surface area contributed by atoms with Gasteiger partial charge in [-0.05, 0) is 56.1 Å². The molecule has 0 aliphatic carbocycles. The molecule has 1 atom stereocenters. The van der Waals surface area contributed by atoms with Crippen molar-refractivity contribution < 1.29 is 4.74 Å². The molecule has 2 aromatic heterocycles. The van der Waals surface area contributed by atoms with E-state index in [1.807, 2.05) is 32.3 Å². The number of hydrogen-bond donors (Lipinski definition) is 1. The number of benzene rings is 1. The summed E-state index contributed by atoms with van der Waals surface area (Å²) < 4.78 is 5.56. The van der Waals surface area contributed by atoms with Crippen LogP contribution in [0.3, 0.4) is 0 Å². The monoisotopic (exact) mass is 403 g/mol. The maximum absolute atomic E-state index is 5.56. The third-order valence-electron chi connectivity index (χ3n) is 5.49. The molecule has 0 spiro atoms. The van der Waals surface area contributed by atoms with Crippen LogP contribution in [0.15, 0.2) is 54.9 Å². The number of rotatable bonds is 7. The molecule has 156 valence electrons. The molecule has 4 rings (SSSR count). The highest BCUT2D eigenvalue weighted by Crippen LogP contribution is 2.29. The van der Waals surface area contributed by atoms with Gasteiger partial charge in [0.25, 0.3) is 0 Å². The van der Waals surface area contributed by atoms with Crippen molar-refractivity contribution in [2.75, 3.05) is 32.1 Å². The molecule has 3 aromatic rings. The van der Waals surface area contributed by atoms with Crippen LogP contribution in [0.2, 0.25) is 0 Å². The number of aromatic nitrogens is 3. The Bertz CT molecular complexity index is 946. The van der Waals surface area contributed by atoms with Crippen LogP contribution in [0.1, 0.15) is 36.9 Å². The van der Waals surface area contributed by atoms with E-state index in [9.17, 15) is 0 Å². The van der Waals surface area contributed by atoms with Gasteiger partial charge in [-0.1, -0.05) is 12.1 Å². The molecule has 1 aromatic carbocycles. The fraction of sp³-hybridized carbons (Fsp3) is 0.375. The molecule has 0 saturated carbocycles. The van der Waals surface area contributed by atoms with E-state index in [1.165, 1.54) is 12.0 Å². The largest absolute Gasteiger partial charge is 0.494 e. The Labute approximate surface area is 178 Å². The number of anilines is 1. The first-order chi connectivity index (χ1) is 14.7. The van der Waals surface area contributed by atoms with Crippen molar-refractivity contribution in [3.05, 3.63) is 66.1 Å². The molecule has 6 heteroatoms. The van der Waals surface area contributed by atoms with Crippen LogP contribution in [0.5, 0.6) is 5.75 Å². The number of nitrogens with zero attached hydrogens (tertiary/aromatic N) is 4. The quantitative estimate of drug-likeness (QED) is 0.632. The molecule has 0 radical (unpaired) electrons. The molecule has 6 nitrogen and oxygen atoms in total. The van der Waals surface area contributed by atoms with Gasteiger partial charge in [0.2, 0.25) is 0 Å². The Hall–Kier alpha value is -2.99. The highest BCUT2D eigenvalue weighted by atomic mass is 16.5. The van der Waals surface area contributed by atoms with E-state index in [0.29, 0.717) is 12.5 Å². The van der Waals surface area contributed by atoms with Crippen LogP contribution in [-0.4, -0.2) is 46.6 Å². The van der Waals surface area contributed by atoms with Crippen LogP contribution in [0.25, 0.3) is 11.4 Å². The predicted octanol–water partition coefficient (Wildman–Crippen LogP) is 4.36. The zero-order valence-electron chi connectivity index (χ0n) is 17.7. The van der Waals surface area contributed by atoms with Crippen LogP contribution < -0.4 is 10.1 Å². The minimum absolute atomic E-state index is 0.395.